The summed E-state index contributed by atoms with van der Waals surface area (Å²) in [5.41, 5.74) is 1.83. The Kier molecular flexibility index (Phi) is 5.67. The number of ether oxygens (including phenoxy) is 2. The van der Waals surface area contributed by atoms with Gasteiger partial charge in [0.05, 0.1) is 19.9 Å². The lowest BCUT2D eigenvalue weighted by Gasteiger charge is -2.29. The van der Waals surface area contributed by atoms with Gasteiger partial charge in [-0.05, 0) is 61.1 Å². The number of rotatable bonds is 4. The Balaban J connectivity index is 2.08. The Bertz CT molecular complexity index is 1000. The first-order valence-electron chi connectivity index (χ1n) is 8.25. The van der Waals surface area contributed by atoms with Crippen molar-refractivity contribution in [3.63, 3.8) is 0 Å². The number of thiocarbonyl (C=S) groups is 1. The number of carbonyl (C=O) groups excluding carboxylic acids is 2. The second-order valence-electron chi connectivity index (χ2n) is 5.99. The van der Waals surface area contributed by atoms with Crippen molar-refractivity contribution in [1.29, 1.82) is 0 Å². The van der Waals surface area contributed by atoms with Gasteiger partial charge in [-0.1, -0.05) is 11.6 Å². The maximum Gasteiger partial charge on any atom is 0.270 e. The zero-order valence-electron chi connectivity index (χ0n) is 15.4. The fraction of sp³-hybridized carbons (Fsp3) is 0.150. The summed E-state index contributed by atoms with van der Waals surface area (Å²) < 4.78 is 10.6. The van der Waals surface area contributed by atoms with Crippen molar-refractivity contribution >= 4 is 52.5 Å². The molecule has 0 spiro atoms. The predicted molar refractivity (Wildman–Crippen MR) is 112 cm³/mol. The van der Waals surface area contributed by atoms with E-state index in [-0.39, 0.29) is 10.7 Å². The lowest BCUT2D eigenvalue weighted by molar-refractivity contribution is -0.122. The lowest BCUT2D eigenvalue weighted by Crippen LogP contribution is -2.54. The van der Waals surface area contributed by atoms with Gasteiger partial charge in [0.15, 0.2) is 5.11 Å². The molecule has 1 aliphatic heterocycles. The molecule has 2 amide bonds. The third-order valence-corrected chi connectivity index (χ3v) is 4.79. The Morgan fingerprint density at radius 3 is 2.39 bits per heavy atom. The number of nitrogens with zero attached hydrogens (tertiary/aromatic N) is 1. The van der Waals surface area contributed by atoms with Gasteiger partial charge >= 0.3 is 0 Å². The summed E-state index contributed by atoms with van der Waals surface area (Å²) in [5.74, 6) is -0.0122. The monoisotopic (exact) mass is 416 g/mol. The molecule has 1 N–H and O–H groups in total. The molecule has 6 nitrogen and oxygen atoms in total. The molecular weight excluding hydrogens is 400 g/mol. The van der Waals surface area contributed by atoms with Crippen LogP contribution in [0.3, 0.4) is 0 Å². The van der Waals surface area contributed by atoms with E-state index in [4.69, 9.17) is 33.3 Å². The van der Waals surface area contributed by atoms with E-state index >= 15 is 0 Å². The van der Waals surface area contributed by atoms with Gasteiger partial charge in [0.2, 0.25) is 0 Å². The molecule has 0 aliphatic carbocycles. The highest BCUT2D eigenvalue weighted by Crippen LogP contribution is 2.31. The molecule has 144 valence electrons. The Morgan fingerprint density at radius 2 is 1.79 bits per heavy atom. The molecule has 3 rings (SSSR count). The molecule has 0 saturated carbocycles. The van der Waals surface area contributed by atoms with Gasteiger partial charge in [0.1, 0.15) is 17.1 Å². The molecular formula is C20H17ClN2O4S. The molecule has 1 saturated heterocycles. The van der Waals surface area contributed by atoms with Crippen LogP contribution in [0.15, 0.2) is 42.0 Å². The summed E-state index contributed by atoms with van der Waals surface area (Å²) in [7, 11) is 3.06. The summed E-state index contributed by atoms with van der Waals surface area (Å²) in [5, 5.41) is 3.09. The molecule has 8 heteroatoms. The Hall–Kier alpha value is -2.90. The zero-order valence-corrected chi connectivity index (χ0v) is 17.0. The molecule has 28 heavy (non-hydrogen) atoms. The van der Waals surface area contributed by atoms with E-state index in [0.717, 1.165) is 5.56 Å². The SMILES string of the molecule is COc1cc(C)c(C=C2C(=O)NC(=S)N(c3ccc(Cl)cc3)C2=O)c(OC)c1. The molecule has 1 heterocycles. The molecule has 0 unspecified atom stereocenters. The number of anilines is 1. The van der Waals surface area contributed by atoms with Crippen molar-refractivity contribution in [2.75, 3.05) is 19.1 Å². The molecule has 0 atom stereocenters. The molecule has 0 bridgehead atoms. The first kappa shape index (κ1) is 19.9. The first-order chi connectivity index (χ1) is 13.3. The average Bonchev–Trinajstić information content (AvgIpc) is 2.66. The van der Waals surface area contributed by atoms with Crippen LogP contribution in [0.1, 0.15) is 11.1 Å². The number of methoxy groups -OCH3 is 2. The third kappa shape index (κ3) is 3.72. The predicted octanol–water partition coefficient (Wildman–Crippen LogP) is 3.50. The van der Waals surface area contributed by atoms with Crippen LogP contribution in [0.4, 0.5) is 5.69 Å². The molecule has 1 aliphatic rings. The number of benzene rings is 2. The number of carbonyl (C=O) groups is 2. The van der Waals surface area contributed by atoms with E-state index in [0.29, 0.717) is 27.8 Å². The van der Waals surface area contributed by atoms with Crippen LogP contribution in [0, 0.1) is 6.92 Å². The quantitative estimate of drug-likeness (QED) is 0.469. The number of nitrogens with one attached hydrogen (secondary N) is 1. The van der Waals surface area contributed by atoms with E-state index < -0.39 is 11.8 Å². The molecule has 0 aromatic heterocycles. The van der Waals surface area contributed by atoms with Crippen LogP contribution in [-0.4, -0.2) is 31.1 Å². The van der Waals surface area contributed by atoms with Crippen molar-refractivity contribution in [2.24, 2.45) is 0 Å². The third-order valence-electron chi connectivity index (χ3n) is 4.25. The van der Waals surface area contributed by atoms with Gasteiger partial charge < -0.3 is 9.47 Å². The van der Waals surface area contributed by atoms with Crippen LogP contribution < -0.4 is 19.7 Å². The van der Waals surface area contributed by atoms with Gasteiger partial charge in [-0.15, -0.1) is 0 Å². The Labute approximate surface area is 172 Å². The highest BCUT2D eigenvalue weighted by atomic mass is 35.5. The molecule has 0 radical (unpaired) electrons. The van der Waals surface area contributed by atoms with Crippen molar-refractivity contribution in [1.82, 2.24) is 5.32 Å². The number of hydrogen-bond acceptors (Lipinski definition) is 5. The van der Waals surface area contributed by atoms with E-state index in [2.05, 4.69) is 5.32 Å². The fourth-order valence-corrected chi connectivity index (χ4v) is 3.24. The van der Waals surface area contributed by atoms with Gasteiger partial charge in [-0.3, -0.25) is 19.8 Å². The molecule has 2 aromatic carbocycles. The van der Waals surface area contributed by atoms with E-state index in [1.165, 1.54) is 18.1 Å². The van der Waals surface area contributed by atoms with Crippen LogP contribution in [0.5, 0.6) is 11.5 Å². The maximum absolute atomic E-state index is 13.1. The summed E-state index contributed by atoms with van der Waals surface area (Å²) in [6.45, 7) is 1.84. The lowest BCUT2D eigenvalue weighted by atomic mass is 10.0. The van der Waals surface area contributed by atoms with Gasteiger partial charge in [-0.25, -0.2) is 0 Å². The number of aryl methyl sites for hydroxylation is 1. The first-order valence-corrected chi connectivity index (χ1v) is 9.04. The summed E-state index contributed by atoms with van der Waals surface area (Å²) in [6.07, 6.45) is 1.50. The summed E-state index contributed by atoms with van der Waals surface area (Å²) in [4.78, 5) is 26.8. The number of hydrogen-bond donors (Lipinski definition) is 1. The normalized spacial score (nSPS) is 15.6. The molecule has 2 aromatic rings. The van der Waals surface area contributed by atoms with Gasteiger partial charge in [0, 0.05) is 16.7 Å². The average molecular weight is 417 g/mol. The van der Waals surface area contributed by atoms with Crippen molar-refractivity contribution < 1.29 is 19.1 Å². The Morgan fingerprint density at radius 1 is 1.11 bits per heavy atom. The maximum atomic E-state index is 13.1. The molecule has 1 fully saturated rings. The van der Waals surface area contributed by atoms with E-state index in [9.17, 15) is 9.59 Å². The summed E-state index contributed by atoms with van der Waals surface area (Å²) in [6, 6.07) is 10.1. The van der Waals surface area contributed by atoms with E-state index in [1.54, 1.807) is 43.5 Å². The summed E-state index contributed by atoms with van der Waals surface area (Å²) >= 11 is 11.1. The minimum Gasteiger partial charge on any atom is -0.497 e. The highest BCUT2D eigenvalue weighted by Gasteiger charge is 2.34. The number of halogens is 1. The van der Waals surface area contributed by atoms with Crippen LogP contribution in [0.25, 0.3) is 6.08 Å². The highest BCUT2D eigenvalue weighted by molar-refractivity contribution is 7.80. The number of amides is 2. The van der Waals surface area contributed by atoms with Crippen LogP contribution >= 0.6 is 23.8 Å². The second-order valence-corrected chi connectivity index (χ2v) is 6.82. The standard InChI is InChI=1S/C20H17ClN2O4S/c1-11-8-14(26-2)9-17(27-3)15(11)10-16-18(24)22-20(28)23(19(16)25)13-6-4-12(21)5-7-13/h4-10H,1-3H3,(H,22,24,28). The van der Waals surface area contributed by atoms with Crippen molar-refractivity contribution in [3.8, 4) is 11.5 Å². The largest absolute Gasteiger partial charge is 0.497 e. The van der Waals surface area contributed by atoms with Crippen LogP contribution in [-0.2, 0) is 9.59 Å². The second kappa shape index (κ2) is 8.00. The topological polar surface area (TPSA) is 67.9 Å². The van der Waals surface area contributed by atoms with Crippen molar-refractivity contribution in [3.05, 3.63) is 58.1 Å². The van der Waals surface area contributed by atoms with Gasteiger partial charge in [-0.2, -0.15) is 0 Å². The minimum absolute atomic E-state index is 0.00731. The zero-order chi connectivity index (χ0) is 20.4. The van der Waals surface area contributed by atoms with Crippen molar-refractivity contribution in [2.45, 2.75) is 6.92 Å². The van der Waals surface area contributed by atoms with Crippen LogP contribution in [0.2, 0.25) is 5.02 Å². The smallest absolute Gasteiger partial charge is 0.270 e. The fourth-order valence-electron chi connectivity index (χ4n) is 2.83. The van der Waals surface area contributed by atoms with Gasteiger partial charge in [0.25, 0.3) is 11.8 Å². The minimum atomic E-state index is -0.572. The van der Waals surface area contributed by atoms with E-state index in [1.807, 2.05) is 6.92 Å².